The molecule has 0 aromatic heterocycles. The highest BCUT2D eigenvalue weighted by molar-refractivity contribution is 5.89. The summed E-state index contributed by atoms with van der Waals surface area (Å²) in [6.07, 6.45) is -9.41. The molecule has 0 aliphatic rings. The summed E-state index contributed by atoms with van der Waals surface area (Å²) < 4.78 is 75.4. The van der Waals surface area contributed by atoms with Crippen molar-refractivity contribution in [1.29, 1.82) is 0 Å². The number of ether oxygens (including phenoxy) is 1. The number of hydrogen-bond donors (Lipinski definition) is 0. The lowest BCUT2D eigenvalue weighted by molar-refractivity contribution is -0.274. The smallest absolute Gasteiger partial charge is 0.406 e. The summed E-state index contributed by atoms with van der Waals surface area (Å²) >= 11 is 0. The number of aliphatic imine (C=N–C) groups is 1. The minimum atomic E-state index is -4.84. The van der Waals surface area contributed by atoms with Gasteiger partial charge in [-0.3, -0.25) is 0 Å². The zero-order chi connectivity index (χ0) is 14.0. The Kier molecular flexibility index (Phi) is 3.88. The molecule has 2 nitrogen and oxygen atoms in total. The molecule has 0 unspecified atom stereocenters. The van der Waals surface area contributed by atoms with E-state index >= 15 is 0 Å². The highest BCUT2D eigenvalue weighted by Gasteiger charge is 2.32. The van der Waals surface area contributed by atoms with E-state index in [1.807, 2.05) is 0 Å². The number of alkyl halides is 6. The van der Waals surface area contributed by atoms with E-state index in [1.54, 1.807) is 0 Å². The average molecular weight is 271 g/mol. The summed E-state index contributed by atoms with van der Waals surface area (Å²) in [6.45, 7) is 0.764. The molecule has 0 heterocycles. The molecule has 0 N–H and O–H groups in total. The minimum Gasteiger partial charge on any atom is -0.406 e. The largest absolute Gasteiger partial charge is 0.573 e. The fraction of sp³-hybridized carbons (Fsp3) is 0.300. The van der Waals surface area contributed by atoms with Gasteiger partial charge in [0.25, 0.3) is 0 Å². The number of benzene rings is 1. The number of nitrogens with zero attached hydrogens (tertiary/aromatic N) is 1. The van der Waals surface area contributed by atoms with Crippen molar-refractivity contribution in [2.24, 2.45) is 4.99 Å². The Balaban J connectivity index is 2.84. The van der Waals surface area contributed by atoms with Crippen molar-refractivity contribution in [3.63, 3.8) is 0 Å². The van der Waals surface area contributed by atoms with Gasteiger partial charge >= 0.3 is 12.5 Å². The van der Waals surface area contributed by atoms with Gasteiger partial charge in [-0.15, -0.1) is 13.2 Å². The van der Waals surface area contributed by atoms with Crippen molar-refractivity contribution in [2.75, 3.05) is 0 Å². The summed E-state index contributed by atoms with van der Waals surface area (Å²) in [6, 6.07) is 3.76. The maximum atomic E-state index is 12.1. The van der Waals surface area contributed by atoms with Crippen LogP contribution in [0.1, 0.15) is 6.92 Å². The van der Waals surface area contributed by atoms with E-state index in [9.17, 15) is 26.3 Å². The third-order valence-electron chi connectivity index (χ3n) is 1.78. The van der Waals surface area contributed by atoms with Crippen molar-refractivity contribution in [3.8, 4) is 5.75 Å². The number of rotatable bonds is 2. The van der Waals surface area contributed by atoms with Crippen LogP contribution in [0.4, 0.5) is 32.0 Å². The molecule has 1 aromatic rings. The molecule has 18 heavy (non-hydrogen) atoms. The molecule has 0 aliphatic heterocycles. The molecular formula is C10H7F6NO. The van der Waals surface area contributed by atoms with Crippen LogP contribution >= 0.6 is 0 Å². The van der Waals surface area contributed by atoms with Gasteiger partial charge in [0, 0.05) is 0 Å². The molecular weight excluding hydrogens is 264 g/mol. The molecule has 0 bridgehead atoms. The molecule has 0 atom stereocenters. The lowest BCUT2D eigenvalue weighted by atomic mass is 10.3. The molecule has 0 saturated heterocycles. The molecule has 0 radical (unpaired) electrons. The molecule has 0 saturated carbocycles. The zero-order valence-corrected chi connectivity index (χ0v) is 8.93. The van der Waals surface area contributed by atoms with Gasteiger partial charge in [0.1, 0.15) is 11.5 Å². The Bertz CT molecular complexity index is 431. The van der Waals surface area contributed by atoms with Crippen molar-refractivity contribution >= 4 is 11.4 Å². The van der Waals surface area contributed by atoms with Crippen LogP contribution in [0.2, 0.25) is 0 Å². The van der Waals surface area contributed by atoms with Gasteiger partial charge in [0.2, 0.25) is 0 Å². The van der Waals surface area contributed by atoms with Gasteiger partial charge in [-0.1, -0.05) is 0 Å². The second-order valence-electron chi connectivity index (χ2n) is 3.24. The van der Waals surface area contributed by atoms with E-state index in [4.69, 9.17) is 0 Å². The number of halogens is 6. The number of hydrogen-bond acceptors (Lipinski definition) is 2. The molecule has 1 aromatic carbocycles. The maximum Gasteiger partial charge on any atom is 0.573 e. The van der Waals surface area contributed by atoms with Crippen molar-refractivity contribution in [1.82, 2.24) is 0 Å². The van der Waals surface area contributed by atoms with Gasteiger partial charge in [0.15, 0.2) is 0 Å². The Morgan fingerprint density at radius 1 is 1.00 bits per heavy atom. The van der Waals surface area contributed by atoms with Gasteiger partial charge in [-0.25, -0.2) is 4.99 Å². The first-order valence-electron chi connectivity index (χ1n) is 4.56. The van der Waals surface area contributed by atoms with E-state index in [0.717, 1.165) is 31.2 Å². The lowest BCUT2D eigenvalue weighted by Crippen LogP contribution is -2.18. The summed E-state index contributed by atoms with van der Waals surface area (Å²) in [7, 11) is 0. The Hall–Kier alpha value is -1.73. The molecule has 8 heteroatoms. The van der Waals surface area contributed by atoms with Crippen LogP contribution in [0.3, 0.4) is 0 Å². The first-order chi connectivity index (χ1) is 8.08. The monoisotopic (exact) mass is 271 g/mol. The Labute approximate surface area is 97.9 Å². The van der Waals surface area contributed by atoms with Crippen LogP contribution in [0.15, 0.2) is 29.3 Å². The zero-order valence-electron chi connectivity index (χ0n) is 8.93. The van der Waals surface area contributed by atoms with Crippen molar-refractivity contribution in [2.45, 2.75) is 19.5 Å². The van der Waals surface area contributed by atoms with Crippen LogP contribution in [0, 0.1) is 0 Å². The van der Waals surface area contributed by atoms with E-state index in [2.05, 4.69) is 9.73 Å². The predicted molar refractivity (Wildman–Crippen MR) is 51.9 cm³/mol. The topological polar surface area (TPSA) is 21.6 Å². The molecule has 0 fully saturated rings. The lowest BCUT2D eigenvalue weighted by Gasteiger charge is -2.09. The van der Waals surface area contributed by atoms with Crippen molar-refractivity contribution in [3.05, 3.63) is 24.3 Å². The van der Waals surface area contributed by atoms with Crippen LogP contribution in [-0.2, 0) is 0 Å². The van der Waals surface area contributed by atoms with Crippen LogP contribution in [0.25, 0.3) is 0 Å². The Morgan fingerprint density at radius 3 is 1.89 bits per heavy atom. The molecule has 0 aliphatic carbocycles. The van der Waals surface area contributed by atoms with Crippen LogP contribution in [-0.4, -0.2) is 18.3 Å². The first-order valence-corrected chi connectivity index (χ1v) is 4.56. The van der Waals surface area contributed by atoms with Crippen LogP contribution < -0.4 is 4.74 Å². The van der Waals surface area contributed by atoms with E-state index in [0.29, 0.717) is 0 Å². The fourth-order valence-corrected chi connectivity index (χ4v) is 0.979. The standard InChI is InChI=1S/C10H7F6NO/c1-6(9(11,12)13)17-7-2-4-8(5-3-7)18-10(14,15)16/h2-5H,1H3. The van der Waals surface area contributed by atoms with Crippen molar-refractivity contribution < 1.29 is 31.1 Å². The minimum absolute atomic E-state index is 0.112. The highest BCUT2D eigenvalue weighted by Crippen LogP contribution is 2.26. The summed E-state index contributed by atoms with van der Waals surface area (Å²) in [5.41, 5.74) is -1.20. The van der Waals surface area contributed by atoms with Gasteiger partial charge in [-0.05, 0) is 31.2 Å². The first kappa shape index (κ1) is 14.3. The van der Waals surface area contributed by atoms with Gasteiger partial charge in [-0.2, -0.15) is 13.2 Å². The third-order valence-corrected chi connectivity index (χ3v) is 1.78. The summed E-state index contributed by atoms with van der Waals surface area (Å²) in [5.74, 6) is -0.522. The van der Waals surface area contributed by atoms with E-state index in [1.165, 1.54) is 0 Å². The van der Waals surface area contributed by atoms with Gasteiger partial charge in [0.05, 0.1) is 5.69 Å². The average Bonchev–Trinajstić information content (AvgIpc) is 2.17. The van der Waals surface area contributed by atoms with Gasteiger partial charge < -0.3 is 4.74 Å². The molecule has 0 amide bonds. The third kappa shape index (κ3) is 4.64. The summed E-state index contributed by atoms with van der Waals surface area (Å²) in [4.78, 5) is 3.22. The maximum absolute atomic E-state index is 12.1. The van der Waals surface area contributed by atoms with Crippen LogP contribution in [0.5, 0.6) is 5.75 Å². The molecule has 100 valence electrons. The molecule has 1 rings (SSSR count). The SMILES string of the molecule is CC(=Nc1ccc(OC(F)(F)F)cc1)C(F)(F)F. The Morgan fingerprint density at radius 2 is 1.50 bits per heavy atom. The highest BCUT2D eigenvalue weighted by atomic mass is 19.4. The molecule has 0 spiro atoms. The normalized spacial score (nSPS) is 13.6. The predicted octanol–water partition coefficient (Wildman–Crippen LogP) is 4.24. The second-order valence-corrected chi connectivity index (χ2v) is 3.24. The summed E-state index contributed by atoms with van der Waals surface area (Å²) in [5, 5.41) is 0. The second kappa shape index (κ2) is 4.87. The quantitative estimate of drug-likeness (QED) is 0.582. The fourth-order valence-electron chi connectivity index (χ4n) is 0.979. The van der Waals surface area contributed by atoms with E-state index in [-0.39, 0.29) is 5.69 Å². The van der Waals surface area contributed by atoms with E-state index < -0.39 is 24.0 Å².